The zero-order chi connectivity index (χ0) is 14.9. The molecule has 0 atom stereocenters. The van der Waals surface area contributed by atoms with Gasteiger partial charge < -0.3 is 10.4 Å². The summed E-state index contributed by atoms with van der Waals surface area (Å²) in [6.45, 7) is 1.73. The van der Waals surface area contributed by atoms with Gasteiger partial charge in [0.05, 0.1) is 11.4 Å². The molecule has 0 aliphatic heterocycles. The van der Waals surface area contributed by atoms with Crippen molar-refractivity contribution in [2.24, 2.45) is 7.05 Å². The third-order valence-corrected chi connectivity index (χ3v) is 2.69. The van der Waals surface area contributed by atoms with E-state index in [1.54, 1.807) is 13.0 Å². The lowest BCUT2D eigenvalue weighted by atomic mass is 10.2. The van der Waals surface area contributed by atoms with Gasteiger partial charge in [0.1, 0.15) is 5.82 Å². The molecule has 0 fully saturated rings. The van der Waals surface area contributed by atoms with E-state index in [1.165, 1.54) is 19.2 Å². The van der Waals surface area contributed by atoms with Crippen molar-refractivity contribution < 1.29 is 14.3 Å². The Bertz CT molecular complexity index is 740. The molecule has 0 saturated heterocycles. The van der Waals surface area contributed by atoms with Gasteiger partial charge in [0.2, 0.25) is 0 Å². The second-order valence-corrected chi connectivity index (χ2v) is 4.28. The fourth-order valence-electron chi connectivity index (χ4n) is 1.66. The van der Waals surface area contributed by atoms with Crippen LogP contribution in [0.2, 0.25) is 0 Å². The lowest BCUT2D eigenvalue weighted by molar-refractivity contribution is 0.0689. The highest BCUT2D eigenvalue weighted by Gasteiger charge is 2.15. The second-order valence-electron chi connectivity index (χ2n) is 4.28. The Morgan fingerprint density at radius 1 is 1.35 bits per heavy atom. The van der Waals surface area contributed by atoms with Crippen molar-refractivity contribution in [1.29, 1.82) is 0 Å². The number of anilines is 2. The highest BCUT2D eigenvalue weighted by molar-refractivity contribution is 5.92. The highest BCUT2D eigenvalue weighted by atomic mass is 19.1. The number of aryl methyl sites for hydroxylation is 2. The number of hydrogen-bond donors (Lipinski definition) is 2. The van der Waals surface area contributed by atoms with E-state index in [0.717, 1.165) is 16.3 Å². The van der Waals surface area contributed by atoms with Crippen LogP contribution in [0.1, 0.15) is 16.1 Å². The number of rotatable bonds is 3. The van der Waals surface area contributed by atoms with Crippen LogP contribution in [-0.2, 0) is 7.05 Å². The van der Waals surface area contributed by atoms with Crippen LogP contribution < -0.4 is 10.9 Å². The van der Waals surface area contributed by atoms with Crippen LogP contribution >= 0.6 is 0 Å². The number of halogens is 1. The van der Waals surface area contributed by atoms with Crippen molar-refractivity contribution in [2.45, 2.75) is 6.92 Å². The van der Waals surface area contributed by atoms with Gasteiger partial charge in [-0.05, 0) is 24.6 Å². The lowest BCUT2D eigenvalue weighted by Crippen LogP contribution is -2.23. The molecular weight excluding hydrogens is 265 g/mol. The number of hydrogen-bond acceptors (Lipinski definition) is 4. The number of carboxylic acid groups (broad SMARTS) is 1. The Labute approximate surface area is 113 Å². The van der Waals surface area contributed by atoms with Gasteiger partial charge in [0.25, 0.3) is 5.56 Å². The summed E-state index contributed by atoms with van der Waals surface area (Å²) in [6.07, 6.45) is 0. The van der Waals surface area contributed by atoms with Crippen LogP contribution in [0.15, 0.2) is 29.1 Å². The van der Waals surface area contributed by atoms with Gasteiger partial charge in [-0.1, -0.05) is 6.07 Å². The minimum absolute atomic E-state index is 0.0525. The molecule has 2 N–H and O–H groups in total. The van der Waals surface area contributed by atoms with Crippen molar-refractivity contribution in [3.05, 3.63) is 51.7 Å². The number of carbonyl (C=O) groups is 1. The minimum Gasteiger partial charge on any atom is -0.476 e. The maximum Gasteiger partial charge on any atom is 0.358 e. The molecule has 0 bridgehead atoms. The first-order chi connectivity index (χ1) is 9.38. The van der Waals surface area contributed by atoms with E-state index in [1.807, 2.05) is 0 Å². The van der Waals surface area contributed by atoms with Gasteiger partial charge in [0, 0.05) is 13.1 Å². The molecule has 0 aliphatic rings. The number of aromatic carboxylic acids is 1. The monoisotopic (exact) mass is 277 g/mol. The molecule has 0 amide bonds. The van der Waals surface area contributed by atoms with E-state index in [-0.39, 0.29) is 17.1 Å². The van der Waals surface area contributed by atoms with Crippen molar-refractivity contribution in [2.75, 3.05) is 5.32 Å². The van der Waals surface area contributed by atoms with E-state index in [2.05, 4.69) is 10.4 Å². The molecule has 1 heterocycles. The van der Waals surface area contributed by atoms with Gasteiger partial charge >= 0.3 is 5.97 Å². The van der Waals surface area contributed by atoms with E-state index >= 15 is 0 Å². The van der Waals surface area contributed by atoms with Gasteiger partial charge in [-0.25, -0.2) is 13.9 Å². The van der Waals surface area contributed by atoms with Crippen LogP contribution in [-0.4, -0.2) is 20.9 Å². The maximum atomic E-state index is 13.7. The second kappa shape index (κ2) is 5.12. The predicted molar refractivity (Wildman–Crippen MR) is 70.9 cm³/mol. The van der Waals surface area contributed by atoms with Crippen LogP contribution in [0.4, 0.5) is 15.8 Å². The van der Waals surface area contributed by atoms with Crippen LogP contribution in [0.25, 0.3) is 0 Å². The van der Waals surface area contributed by atoms with Crippen molar-refractivity contribution in [3.63, 3.8) is 0 Å². The molecule has 20 heavy (non-hydrogen) atoms. The molecule has 7 heteroatoms. The fraction of sp³-hybridized carbons (Fsp3) is 0.154. The first-order valence-corrected chi connectivity index (χ1v) is 5.73. The third-order valence-electron chi connectivity index (χ3n) is 2.69. The first-order valence-electron chi connectivity index (χ1n) is 5.73. The largest absolute Gasteiger partial charge is 0.476 e. The summed E-state index contributed by atoms with van der Waals surface area (Å²) in [5.74, 6) is -1.85. The number of aromatic nitrogens is 2. The van der Waals surface area contributed by atoms with Crippen molar-refractivity contribution in [3.8, 4) is 0 Å². The summed E-state index contributed by atoms with van der Waals surface area (Å²) >= 11 is 0. The standard InChI is InChI=1S/C13H12FN3O3/c1-7-3-4-9(8(14)5-7)15-10-6-11(18)17(2)16-12(10)13(19)20/h3-6,15H,1-2H3,(H,19,20). The van der Waals surface area contributed by atoms with Gasteiger partial charge in [-0.15, -0.1) is 0 Å². The van der Waals surface area contributed by atoms with Gasteiger partial charge in [-0.2, -0.15) is 5.10 Å². The summed E-state index contributed by atoms with van der Waals surface area (Å²) in [5.41, 5.74) is -0.0952. The molecular formula is C13H12FN3O3. The molecule has 0 radical (unpaired) electrons. The number of nitrogens with zero attached hydrogens (tertiary/aromatic N) is 2. The molecule has 1 aromatic carbocycles. The zero-order valence-corrected chi connectivity index (χ0v) is 10.8. The summed E-state index contributed by atoms with van der Waals surface area (Å²) in [6, 6.07) is 5.50. The Kier molecular flexibility index (Phi) is 3.51. The molecule has 0 saturated carbocycles. The van der Waals surface area contributed by atoms with E-state index in [0.29, 0.717) is 0 Å². The maximum absolute atomic E-state index is 13.7. The van der Waals surface area contributed by atoms with E-state index in [9.17, 15) is 14.0 Å². The molecule has 1 aromatic heterocycles. The van der Waals surface area contributed by atoms with Crippen molar-refractivity contribution in [1.82, 2.24) is 9.78 Å². The van der Waals surface area contributed by atoms with Crippen LogP contribution in [0, 0.1) is 12.7 Å². The fourth-order valence-corrected chi connectivity index (χ4v) is 1.66. The smallest absolute Gasteiger partial charge is 0.358 e. The number of nitrogens with one attached hydrogen (secondary N) is 1. The van der Waals surface area contributed by atoms with E-state index in [4.69, 9.17) is 5.11 Å². The lowest BCUT2D eigenvalue weighted by Gasteiger charge is -2.10. The van der Waals surface area contributed by atoms with Gasteiger partial charge in [-0.3, -0.25) is 4.79 Å². The average molecular weight is 277 g/mol. The summed E-state index contributed by atoms with van der Waals surface area (Å²) in [7, 11) is 1.34. The molecule has 0 aliphatic carbocycles. The molecule has 6 nitrogen and oxygen atoms in total. The summed E-state index contributed by atoms with van der Waals surface area (Å²) in [5, 5.41) is 15.3. The Morgan fingerprint density at radius 2 is 2.05 bits per heavy atom. The SMILES string of the molecule is Cc1ccc(Nc2cc(=O)n(C)nc2C(=O)O)c(F)c1. The van der Waals surface area contributed by atoms with Crippen molar-refractivity contribution >= 4 is 17.3 Å². The third kappa shape index (κ3) is 2.66. The number of carboxylic acids is 1. The molecule has 104 valence electrons. The van der Waals surface area contributed by atoms with Crippen LogP contribution in [0.3, 0.4) is 0 Å². The summed E-state index contributed by atoms with van der Waals surface area (Å²) in [4.78, 5) is 22.6. The van der Waals surface area contributed by atoms with Gasteiger partial charge in [0.15, 0.2) is 5.69 Å². The molecule has 2 rings (SSSR count). The predicted octanol–water partition coefficient (Wildman–Crippen LogP) is 1.67. The molecule has 0 spiro atoms. The quantitative estimate of drug-likeness (QED) is 0.891. The van der Waals surface area contributed by atoms with E-state index < -0.39 is 17.3 Å². The highest BCUT2D eigenvalue weighted by Crippen LogP contribution is 2.21. The normalized spacial score (nSPS) is 10.3. The minimum atomic E-state index is -1.31. The van der Waals surface area contributed by atoms with Crippen LogP contribution in [0.5, 0.6) is 0 Å². The first kappa shape index (κ1) is 13.7. The summed E-state index contributed by atoms with van der Waals surface area (Å²) < 4.78 is 14.6. The Hall–Kier alpha value is -2.70. The average Bonchev–Trinajstić information content (AvgIpc) is 2.36. The Balaban J connectivity index is 2.50. The Morgan fingerprint density at radius 3 is 2.65 bits per heavy atom. The zero-order valence-electron chi connectivity index (χ0n) is 10.8. The molecule has 0 unspecified atom stereocenters. The topological polar surface area (TPSA) is 84.2 Å². The number of benzene rings is 1. The molecule has 2 aromatic rings.